The van der Waals surface area contributed by atoms with Crippen molar-refractivity contribution in [3.63, 3.8) is 0 Å². The molecule has 0 aliphatic carbocycles. The van der Waals surface area contributed by atoms with Crippen LogP contribution in [0, 0.1) is 5.92 Å². The molecule has 1 aromatic rings. The second-order valence-corrected chi connectivity index (χ2v) is 5.19. The Labute approximate surface area is 117 Å². The molecule has 1 atom stereocenters. The van der Waals surface area contributed by atoms with Crippen molar-refractivity contribution >= 4 is 5.91 Å². The molecule has 1 unspecified atom stereocenters. The number of rotatable bonds is 4. The monoisotopic (exact) mass is 280 g/mol. The zero-order chi connectivity index (χ0) is 14.6. The van der Waals surface area contributed by atoms with Crippen LogP contribution >= 0.6 is 0 Å². The van der Waals surface area contributed by atoms with Crippen LogP contribution in [-0.2, 0) is 16.1 Å². The van der Waals surface area contributed by atoms with Crippen molar-refractivity contribution in [3.8, 4) is 5.75 Å². The van der Waals surface area contributed by atoms with E-state index in [0.717, 1.165) is 0 Å². The highest BCUT2D eigenvalue weighted by molar-refractivity contribution is 5.84. The average molecular weight is 280 g/mol. The van der Waals surface area contributed by atoms with Crippen LogP contribution in [0.1, 0.15) is 25.5 Å². The molecule has 1 saturated heterocycles. The maximum atomic E-state index is 12.1. The summed E-state index contributed by atoms with van der Waals surface area (Å²) in [5.41, 5.74) is -1.06. The number of hydrogen-bond donors (Lipinski definition) is 3. The van der Waals surface area contributed by atoms with E-state index in [1.165, 1.54) is 19.2 Å². The molecule has 6 nitrogen and oxygen atoms in total. The summed E-state index contributed by atoms with van der Waals surface area (Å²) in [4.78, 5) is 16.1. The van der Waals surface area contributed by atoms with Crippen molar-refractivity contribution in [2.75, 3.05) is 13.2 Å². The summed E-state index contributed by atoms with van der Waals surface area (Å²) in [6.45, 7) is 2.74. The number of nitrogens with zero attached hydrogens (tertiary/aromatic N) is 1. The van der Waals surface area contributed by atoms with Crippen molar-refractivity contribution < 1.29 is 19.7 Å². The Morgan fingerprint density at radius 3 is 2.90 bits per heavy atom. The first-order valence-corrected chi connectivity index (χ1v) is 6.73. The van der Waals surface area contributed by atoms with Crippen LogP contribution in [-0.4, -0.2) is 39.9 Å². The number of carbonyl (C=O) groups is 1. The third-order valence-corrected chi connectivity index (χ3v) is 3.76. The van der Waals surface area contributed by atoms with Crippen molar-refractivity contribution in [1.82, 2.24) is 10.3 Å². The minimum absolute atomic E-state index is 0.0264. The summed E-state index contributed by atoms with van der Waals surface area (Å²) in [6.07, 6.45) is 2.86. The summed E-state index contributed by atoms with van der Waals surface area (Å²) in [5, 5.41) is 22.6. The molecule has 2 heterocycles. The third-order valence-electron chi connectivity index (χ3n) is 3.76. The number of hydrogen-bond acceptors (Lipinski definition) is 5. The molecule has 1 amide bonds. The topological polar surface area (TPSA) is 91.7 Å². The molecule has 0 bridgehead atoms. The molecule has 110 valence electrons. The number of aromatic nitrogens is 1. The number of aliphatic hydroxyl groups is 1. The van der Waals surface area contributed by atoms with E-state index in [1.807, 2.05) is 0 Å². The second kappa shape index (κ2) is 6.19. The van der Waals surface area contributed by atoms with Crippen molar-refractivity contribution in [3.05, 3.63) is 24.0 Å². The van der Waals surface area contributed by atoms with Gasteiger partial charge in [0.1, 0.15) is 17.0 Å². The summed E-state index contributed by atoms with van der Waals surface area (Å²) in [5.74, 6) is -0.540. The van der Waals surface area contributed by atoms with Crippen LogP contribution in [0.25, 0.3) is 0 Å². The fourth-order valence-corrected chi connectivity index (χ4v) is 2.35. The Balaban J connectivity index is 1.95. The predicted molar refractivity (Wildman–Crippen MR) is 71.9 cm³/mol. The molecule has 1 aliphatic rings. The van der Waals surface area contributed by atoms with Gasteiger partial charge >= 0.3 is 0 Å². The SMILES string of the molecule is CC(O)(C(=O)NCc1ncccc1O)C1CCOCC1. The van der Waals surface area contributed by atoms with Gasteiger partial charge in [-0.2, -0.15) is 0 Å². The largest absolute Gasteiger partial charge is 0.506 e. The fraction of sp³-hybridized carbons (Fsp3) is 0.571. The van der Waals surface area contributed by atoms with E-state index >= 15 is 0 Å². The standard InChI is InChI=1S/C14H20N2O4/c1-14(19,10-4-7-20-8-5-10)13(18)16-9-11-12(17)3-2-6-15-11/h2-3,6,10,17,19H,4-5,7-9H2,1H3,(H,16,18). The van der Waals surface area contributed by atoms with Crippen LogP contribution in [0.3, 0.4) is 0 Å². The first-order valence-electron chi connectivity index (χ1n) is 6.73. The quantitative estimate of drug-likeness (QED) is 0.750. The van der Waals surface area contributed by atoms with Crippen molar-refractivity contribution in [2.24, 2.45) is 5.92 Å². The Morgan fingerprint density at radius 1 is 1.55 bits per heavy atom. The summed E-state index contributed by atoms with van der Waals surface area (Å²) < 4.78 is 5.23. The van der Waals surface area contributed by atoms with Crippen LogP contribution in [0.15, 0.2) is 18.3 Å². The Kier molecular flexibility index (Phi) is 4.57. The Bertz CT molecular complexity index is 470. The van der Waals surface area contributed by atoms with Gasteiger partial charge in [0, 0.05) is 25.3 Å². The van der Waals surface area contributed by atoms with Gasteiger partial charge in [0.05, 0.1) is 6.54 Å². The summed E-state index contributed by atoms with van der Waals surface area (Å²) in [7, 11) is 0. The maximum Gasteiger partial charge on any atom is 0.252 e. The normalized spacial score (nSPS) is 19.3. The van der Waals surface area contributed by atoms with Gasteiger partial charge in [0.25, 0.3) is 5.91 Å². The smallest absolute Gasteiger partial charge is 0.252 e. The van der Waals surface area contributed by atoms with Crippen molar-refractivity contribution in [2.45, 2.75) is 31.9 Å². The van der Waals surface area contributed by atoms with E-state index in [4.69, 9.17) is 4.74 Å². The van der Waals surface area contributed by atoms with Gasteiger partial charge in [-0.25, -0.2) is 0 Å². The fourth-order valence-electron chi connectivity index (χ4n) is 2.35. The molecule has 1 aromatic heterocycles. The number of pyridine rings is 1. The third kappa shape index (κ3) is 3.26. The second-order valence-electron chi connectivity index (χ2n) is 5.19. The van der Waals surface area contributed by atoms with Gasteiger partial charge in [-0.1, -0.05) is 0 Å². The number of carbonyl (C=O) groups excluding carboxylic acids is 1. The van der Waals surface area contributed by atoms with Gasteiger partial charge in [-0.05, 0) is 31.9 Å². The van der Waals surface area contributed by atoms with Crippen LogP contribution in [0.2, 0.25) is 0 Å². The molecule has 0 saturated carbocycles. The average Bonchev–Trinajstić information content (AvgIpc) is 2.47. The molecule has 0 spiro atoms. The summed E-state index contributed by atoms with van der Waals surface area (Å²) >= 11 is 0. The highest BCUT2D eigenvalue weighted by atomic mass is 16.5. The zero-order valence-corrected chi connectivity index (χ0v) is 11.5. The van der Waals surface area contributed by atoms with Crippen LogP contribution in [0.4, 0.5) is 0 Å². The molecule has 1 fully saturated rings. The lowest BCUT2D eigenvalue weighted by Gasteiger charge is -2.34. The molecule has 6 heteroatoms. The number of amides is 1. The van der Waals surface area contributed by atoms with Gasteiger partial charge < -0.3 is 20.3 Å². The van der Waals surface area contributed by atoms with Gasteiger partial charge in [0.15, 0.2) is 0 Å². The highest BCUT2D eigenvalue weighted by Gasteiger charge is 2.39. The number of ether oxygens (including phenoxy) is 1. The highest BCUT2D eigenvalue weighted by Crippen LogP contribution is 2.27. The van der Waals surface area contributed by atoms with E-state index in [1.54, 1.807) is 6.07 Å². The molecule has 3 N–H and O–H groups in total. The van der Waals surface area contributed by atoms with Gasteiger partial charge in [-0.3, -0.25) is 9.78 Å². The van der Waals surface area contributed by atoms with E-state index in [-0.39, 0.29) is 18.2 Å². The Hall–Kier alpha value is -1.66. The van der Waals surface area contributed by atoms with Gasteiger partial charge in [0.2, 0.25) is 0 Å². The van der Waals surface area contributed by atoms with E-state index in [0.29, 0.717) is 31.7 Å². The van der Waals surface area contributed by atoms with E-state index in [2.05, 4.69) is 10.3 Å². The molecule has 1 aliphatic heterocycles. The maximum absolute atomic E-state index is 12.1. The van der Waals surface area contributed by atoms with Crippen LogP contribution in [0.5, 0.6) is 5.75 Å². The van der Waals surface area contributed by atoms with E-state index < -0.39 is 11.5 Å². The minimum atomic E-state index is -1.44. The van der Waals surface area contributed by atoms with Crippen LogP contribution < -0.4 is 5.32 Å². The lowest BCUT2D eigenvalue weighted by molar-refractivity contribution is -0.147. The lowest BCUT2D eigenvalue weighted by atomic mass is 9.82. The molecular formula is C14H20N2O4. The first-order chi connectivity index (χ1) is 9.51. The number of nitrogens with one attached hydrogen (secondary N) is 1. The zero-order valence-electron chi connectivity index (χ0n) is 11.5. The molecule has 0 aromatic carbocycles. The summed E-state index contributed by atoms with van der Waals surface area (Å²) in [6, 6.07) is 3.12. The van der Waals surface area contributed by atoms with Gasteiger partial charge in [-0.15, -0.1) is 0 Å². The van der Waals surface area contributed by atoms with Crippen molar-refractivity contribution in [1.29, 1.82) is 0 Å². The predicted octanol–water partition coefficient (Wildman–Crippen LogP) is 0.581. The lowest BCUT2D eigenvalue weighted by Crippen LogP contribution is -2.51. The first kappa shape index (κ1) is 14.7. The molecule has 20 heavy (non-hydrogen) atoms. The Morgan fingerprint density at radius 2 is 2.25 bits per heavy atom. The minimum Gasteiger partial charge on any atom is -0.506 e. The molecular weight excluding hydrogens is 260 g/mol. The molecule has 2 rings (SSSR count). The van der Waals surface area contributed by atoms with E-state index in [9.17, 15) is 15.0 Å². The molecule has 0 radical (unpaired) electrons. The number of aromatic hydroxyl groups is 1.